The SMILES string of the molecule is O=C(/C=C/c1cccc([N+](=O)[O-])c1)N1CCN(CC(=O)N2CCCCCC2)CC1. The Morgan fingerprint density at radius 1 is 0.966 bits per heavy atom. The average molecular weight is 400 g/mol. The van der Waals surface area contributed by atoms with E-state index in [1.807, 2.05) is 4.90 Å². The summed E-state index contributed by atoms with van der Waals surface area (Å²) < 4.78 is 0. The highest BCUT2D eigenvalue weighted by atomic mass is 16.6. The number of hydrogen-bond acceptors (Lipinski definition) is 5. The van der Waals surface area contributed by atoms with Crippen molar-refractivity contribution in [3.8, 4) is 0 Å². The molecule has 2 aliphatic rings. The Morgan fingerprint density at radius 3 is 2.31 bits per heavy atom. The second kappa shape index (κ2) is 10.2. The second-order valence-corrected chi connectivity index (χ2v) is 7.58. The highest BCUT2D eigenvalue weighted by Crippen LogP contribution is 2.15. The molecule has 156 valence electrons. The molecular formula is C21H28N4O4. The largest absolute Gasteiger partial charge is 0.342 e. The van der Waals surface area contributed by atoms with E-state index in [0.717, 1.165) is 25.9 Å². The van der Waals surface area contributed by atoms with E-state index in [0.29, 0.717) is 38.3 Å². The molecular weight excluding hydrogens is 372 g/mol. The van der Waals surface area contributed by atoms with Crippen molar-refractivity contribution in [2.75, 3.05) is 45.8 Å². The number of rotatable bonds is 5. The fraction of sp³-hybridized carbons (Fsp3) is 0.524. The zero-order valence-electron chi connectivity index (χ0n) is 16.7. The Balaban J connectivity index is 1.46. The van der Waals surface area contributed by atoms with Crippen molar-refractivity contribution in [3.05, 3.63) is 46.0 Å². The van der Waals surface area contributed by atoms with Crippen LogP contribution in [0.1, 0.15) is 31.2 Å². The van der Waals surface area contributed by atoms with Crippen LogP contribution in [-0.2, 0) is 9.59 Å². The monoisotopic (exact) mass is 400 g/mol. The van der Waals surface area contributed by atoms with E-state index in [1.165, 1.54) is 31.1 Å². The van der Waals surface area contributed by atoms with Gasteiger partial charge in [-0.15, -0.1) is 0 Å². The molecule has 8 heteroatoms. The van der Waals surface area contributed by atoms with E-state index in [2.05, 4.69) is 4.90 Å². The molecule has 1 aromatic carbocycles. The van der Waals surface area contributed by atoms with Crippen molar-refractivity contribution in [1.29, 1.82) is 0 Å². The van der Waals surface area contributed by atoms with Gasteiger partial charge < -0.3 is 9.80 Å². The molecule has 0 atom stereocenters. The standard InChI is InChI=1S/C21H28N4O4/c26-20(9-8-18-6-5-7-19(16-18)25(28)29)24-14-12-22(13-15-24)17-21(27)23-10-3-1-2-4-11-23/h5-9,16H,1-4,10-15,17H2/b9-8+. The number of likely N-dealkylation sites (tertiary alicyclic amines) is 1. The second-order valence-electron chi connectivity index (χ2n) is 7.58. The van der Waals surface area contributed by atoms with Crippen LogP contribution in [-0.4, -0.2) is 77.3 Å². The number of carbonyl (C=O) groups is 2. The van der Waals surface area contributed by atoms with Gasteiger partial charge in [0, 0.05) is 57.5 Å². The third kappa shape index (κ3) is 6.12. The summed E-state index contributed by atoms with van der Waals surface area (Å²) in [7, 11) is 0. The Hall–Kier alpha value is -2.74. The fourth-order valence-corrected chi connectivity index (χ4v) is 3.75. The summed E-state index contributed by atoms with van der Waals surface area (Å²) >= 11 is 0. The van der Waals surface area contributed by atoms with E-state index < -0.39 is 4.92 Å². The van der Waals surface area contributed by atoms with E-state index in [-0.39, 0.29) is 17.5 Å². The van der Waals surface area contributed by atoms with Gasteiger partial charge >= 0.3 is 0 Å². The molecule has 1 aromatic rings. The van der Waals surface area contributed by atoms with Gasteiger partial charge in [-0.2, -0.15) is 0 Å². The van der Waals surface area contributed by atoms with Gasteiger partial charge in [-0.1, -0.05) is 25.0 Å². The van der Waals surface area contributed by atoms with Crippen molar-refractivity contribution in [2.24, 2.45) is 0 Å². The molecule has 2 fully saturated rings. The third-order valence-electron chi connectivity index (χ3n) is 5.50. The minimum atomic E-state index is -0.453. The van der Waals surface area contributed by atoms with Crippen molar-refractivity contribution in [1.82, 2.24) is 14.7 Å². The van der Waals surface area contributed by atoms with E-state index in [1.54, 1.807) is 23.1 Å². The number of piperazine rings is 1. The summed E-state index contributed by atoms with van der Waals surface area (Å²) in [4.78, 5) is 41.2. The minimum Gasteiger partial charge on any atom is -0.342 e. The summed E-state index contributed by atoms with van der Waals surface area (Å²) in [5.41, 5.74) is 0.622. The third-order valence-corrected chi connectivity index (χ3v) is 5.50. The Morgan fingerprint density at radius 2 is 1.66 bits per heavy atom. The van der Waals surface area contributed by atoms with Gasteiger partial charge in [0.2, 0.25) is 11.8 Å². The molecule has 2 aliphatic heterocycles. The lowest BCUT2D eigenvalue weighted by Crippen LogP contribution is -2.51. The summed E-state index contributed by atoms with van der Waals surface area (Å²) in [6, 6.07) is 6.19. The molecule has 0 aromatic heterocycles. The van der Waals surface area contributed by atoms with Crippen molar-refractivity contribution in [2.45, 2.75) is 25.7 Å². The lowest BCUT2D eigenvalue weighted by molar-refractivity contribution is -0.384. The number of amides is 2. The van der Waals surface area contributed by atoms with Gasteiger partial charge in [-0.25, -0.2) is 0 Å². The van der Waals surface area contributed by atoms with Crippen molar-refractivity contribution in [3.63, 3.8) is 0 Å². The smallest absolute Gasteiger partial charge is 0.270 e. The fourth-order valence-electron chi connectivity index (χ4n) is 3.75. The maximum absolute atomic E-state index is 12.5. The molecule has 2 amide bonds. The number of nitrogens with zero attached hydrogens (tertiary/aromatic N) is 4. The number of non-ortho nitro benzene ring substituents is 1. The van der Waals surface area contributed by atoms with Gasteiger partial charge in [-0.05, 0) is 24.5 Å². The maximum Gasteiger partial charge on any atom is 0.270 e. The molecule has 8 nitrogen and oxygen atoms in total. The van der Waals surface area contributed by atoms with Crippen molar-refractivity contribution < 1.29 is 14.5 Å². The molecule has 0 saturated carbocycles. The molecule has 0 spiro atoms. The zero-order valence-corrected chi connectivity index (χ0v) is 16.7. The van der Waals surface area contributed by atoms with Crippen LogP contribution in [0.4, 0.5) is 5.69 Å². The number of nitro benzene ring substituents is 1. The molecule has 0 aliphatic carbocycles. The van der Waals surface area contributed by atoms with Gasteiger partial charge in [0.1, 0.15) is 0 Å². The zero-order chi connectivity index (χ0) is 20.6. The topological polar surface area (TPSA) is 87.0 Å². The molecule has 0 N–H and O–H groups in total. The first-order chi connectivity index (χ1) is 14.0. The number of benzene rings is 1. The highest BCUT2D eigenvalue weighted by molar-refractivity contribution is 5.92. The normalized spacial score (nSPS) is 18.6. The lowest BCUT2D eigenvalue weighted by atomic mass is 10.2. The molecule has 2 saturated heterocycles. The first kappa shape index (κ1) is 21.0. The first-order valence-corrected chi connectivity index (χ1v) is 10.2. The molecule has 29 heavy (non-hydrogen) atoms. The Bertz CT molecular complexity index is 764. The molecule has 0 radical (unpaired) electrons. The van der Waals surface area contributed by atoms with Gasteiger partial charge in [-0.3, -0.25) is 24.6 Å². The quantitative estimate of drug-likeness (QED) is 0.429. The molecule has 2 heterocycles. The summed E-state index contributed by atoms with van der Waals surface area (Å²) in [5.74, 6) is 0.0762. The number of nitro groups is 1. The first-order valence-electron chi connectivity index (χ1n) is 10.2. The molecule has 3 rings (SSSR count). The predicted octanol–water partition coefficient (Wildman–Crippen LogP) is 2.15. The predicted molar refractivity (Wildman–Crippen MR) is 110 cm³/mol. The van der Waals surface area contributed by atoms with E-state index >= 15 is 0 Å². The average Bonchev–Trinajstić information content (AvgIpc) is 3.02. The van der Waals surface area contributed by atoms with Crippen molar-refractivity contribution >= 4 is 23.6 Å². The molecule has 0 unspecified atom stereocenters. The van der Waals surface area contributed by atoms with Gasteiger partial charge in [0.15, 0.2) is 0 Å². The van der Waals surface area contributed by atoms with E-state index in [9.17, 15) is 19.7 Å². The lowest BCUT2D eigenvalue weighted by Gasteiger charge is -2.34. The van der Waals surface area contributed by atoms with Crippen LogP contribution in [0.5, 0.6) is 0 Å². The number of carbonyl (C=O) groups excluding carboxylic acids is 2. The Kier molecular flexibility index (Phi) is 7.35. The van der Waals surface area contributed by atoms with Crippen LogP contribution < -0.4 is 0 Å². The Labute approximate surface area is 170 Å². The minimum absolute atomic E-state index is 0.00212. The van der Waals surface area contributed by atoms with Crippen LogP contribution in [0.3, 0.4) is 0 Å². The van der Waals surface area contributed by atoms with Crippen LogP contribution in [0.2, 0.25) is 0 Å². The van der Waals surface area contributed by atoms with Crippen LogP contribution >= 0.6 is 0 Å². The van der Waals surface area contributed by atoms with Gasteiger partial charge in [0.25, 0.3) is 5.69 Å². The van der Waals surface area contributed by atoms with Crippen LogP contribution in [0, 0.1) is 10.1 Å². The summed E-state index contributed by atoms with van der Waals surface area (Å²) in [5, 5.41) is 10.8. The highest BCUT2D eigenvalue weighted by Gasteiger charge is 2.23. The maximum atomic E-state index is 12.5. The van der Waals surface area contributed by atoms with Crippen LogP contribution in [0.25, 0.3) is 6.08 Å². The van der Waals surface area contributed by atoms with E-state index in [4.69, 9.17) is 0 Å². The van der Waals surface area contributed by atoms with Gasteiger partial charge in [0.05, 0.1) is 11.5 Å². The summed E-state index contributed by atoms with van der Waals surface area (Å²) in [6.45, 7) is 4.65. The number of hydrogen-bond donors (Lipinski definition) is 0. The van der Waals surface area contributed by atoms with Crippen LogP contribution in [0.15, 0.2) is 30.3 Å². The summed E-state index contributed by atoms with van der Waals surface area (Å²) in [6.07, 6.45) is 7.64. The molecule has 0 bridgehead atoms.